The van der Waals surface area contributed by atoms with Crippen LogP contribution in [0.25, 0.3) is 0 Å². The maximum absolute atomic E-state index is 12.5. The molecule has 4 nitrogen and oxygen atoms in total. The van der Waals surface area contributed by atoms with Gasteiger partial charge in [-0.3, -0.25) is 9.48 Å². The van der Waals surface area contributed by atoms with E-state index in [-0.39, 0.29) is 24.2 Å². The second kappa shape index (κ2) is 4.46. The maximum Gasteiger partial charge on any atom is 0.436 e. The van der Waals surface area contributed by atoms with E-state index >= 15 is 0 Å². The Balaban J connectivity index is 2.15. The van der Waals surface area contributed by atoms with Gasteiger partial charge in [0.05, 0.1) is 10.7 Å². The van der Waals surface area contributed by atoms with Gasteiger partial charge in [0.2, 0.25) is 5.91 Å². The zero-order valence-corrected chi connectivity index (χ0v) is 10.3. The van der Waals surface area contributed by atoms with Crippen LogP contribution in [-0.2, 0) is 17.5 Å². The topological polar surface area (TPSA) is 46.9 Å². The summed E-state index contributed by atoms with van der Waals surface area (Å²) >= 11 is 5.57. The summed E-state index contributed by atoms with van der Waals surface area (Å²) in [7, 11) is 0. The van der Waals surface area contributed by atoms with Crippen LogP contribution in [0.1, 0.15) is 24.2 Å². The molecule has 1 N–H and O–H groups in total. The largest absolute Gasteiger partial charge is 0.436 e. The number of nitrogens with zero attached hydrogens (tertiary/aromatic N) is 2. The van der Waals surface area contributed by atoms with E-state index in [1.807, 2.05) is 0 Å². The van der Waals surface area contributed by atoms with Crippen LogP contribution in [0.15, 0.2) is 0 Å². The van der Waals surface area contributed by atoms with E-state index in [1.165, 1.54) is 6.92 Å². The number of hydrogen-bond acceptors (Lipinski definition) is 2. The Morgan fingerprint density at radius 2 is 2.17 bits per heavy atom. The number of carbonyl (C=O) groups excluding carboxylic acids is 1. The summed E-state index contributed by atoms with van der Waals surface area (Å²) in [5.41, 5.74) is -1.02. The molecule has 1 saturated carbocycles. The monoisotopic (exact) mass is 281 g/mol. The molecule has 1 fully saturated rings. The Morgan fingerprint density at radius 1 is 1.56 bits per heavy atom. The second-order valence-corrected chi connectivity index (χ2v) is 4.62. The van der Waals surface area contributed by atoms with Crippen molar-refractivity contribution in [1.82, 2.24) is 15.1 Å². The highest BCUT2D eigenvalue weighted by Gasteiger charge is 2.38. The standard InChI is InChI=1S/C10H11ClF3N3O/c1-5-8(11)9(10(12,13)14)16-17(5)4-7(18)15-6-2-3-6/h6H,2-4H2,1H3,(H,15,18). The molecule has 0 spiro atoms. The number of aromatic nitrogens is 2. The van der Waals surface area contributed by atoms with Crippen molar-refractivity contribution in [2.45, 2.75) is 38.5 Å². The highest BCUT2D eigenvalue weighted by atomic mass is 35.5. The number of amides is 1. The summed E-state index contributed by atoms with van der Waals surface area (Å²) in [5, 5.41) is 5.56. The average molecular weight is 282 g/mol. The normalized spacial score (nSPS) is 15.8. The summed E-state index contributed by atoms with van der Waals surface area (Å²) in [6.45, 7) is 1.15. The first kappa shape index (κ1) is 13.2. The fourth-order valence-electron chi connectivity index (χ4n) is 1.50. The molecule has 0 saturated heterocycles. The first-order valence-corrected chi connectivity index (χ1v) is 5.76. The molecule has 1 amide bonds. The lowest BCUT2D eigenvalue weighted by molar-refractivity contribution is -0.141. The number of alkyl halides is 3. The lowest BCUT2D eigenvalue weighted by Gasteiger charge is -2.05. The van der Waals surface area contributed by atoms with Crippen molar-refractivity contribution in [1.29, 1.82) is 0 Å². The Kier molecular flexibility index (Phi) is 3.27. The van der Waals surface area contributed by atoms with Crippen molar-refractivity contribution in [2.24, 2.45) is 0 Å². The molecule has 1 aromatic rings. The molecule has 2 rings (SSSR count). The maximum atomic E-state index is 12.5. The van der Waals surface area contributed by atoms with Gasteiger partial charge < -0.3 is 5.32 Å². The van der Waals surface area contributed by atoms with Gasteiger partial charge >= 0.3 is 6.18 Å². The predicted molar refractivity (Wildman–Crippen MR) is 58.1 cm³/mol. The Bertz CT molecular complexity index is 479. The third-order valence-corrected chi connectivity index (χ3v) is 3.09. The summed E-state index contributed by atoms with van der Waals surface area (Å²) in [5.74, 6) is -0.353. The number of rotatable bonds is 3. The minimum atomic E-state index is -4.61. The van der Waals surface area contributed by atoms with Crippen molar-refractivity contribution >= 4 is 17.5 Å². The average Bonchev–Trinajstić information content (AvgIpc) is 2.99. The molecule has 1 aliphatic carbocycles. The van der Waals surface area contributed by atoms with Crippen LogP contribution in [0, 0.1) is 6.92 Å². The van der Waals surface area contributed by atoms with E-state index in [1.54, 1.807) is 0 Å². The molecule has 18 heavy (non-hydrogen) atoms. The van der Waals surface area contributed by atoms with Crippen LogP contribution in [0.2, 0.25) is 5.02 Å². The van der Waals surface area contributed by atoms with Crippen molar-refractivity contribution < 1.29 is 18.0 Å². The predicted octanol–water partition coefficient (Wildman–Crippen LogP) is 2.14. The molecule has 0 atom stereocenters. The summed E-state index contributed by atoms with van der Waals surface area (Å²) < 4.78 is 38.6. The summed E-state index contributed by atoms with van der Waals surface area (Å²) in [6, 6.07) is 0.158. The number of hydrogen-bond donors (Lipinski definition) is 1. The van der Waals surface area contributed by atoms with Crippen LogP contribution in [0.3, 0.4) is 0 Å². The third-order valence-electron chi connectivity index (χ3n) is 2.64. The van der Waals surface area contributed by atoms with Crippen LogP contribution in [0.4, 0.5) is 13.2 Å². The van der Waals surface area contributed by atoms with Gasteiger partial charge in [-0.05, 0) is 19.8 Å². The molecule has 1 heterocycles. The molecule has 0 aromatic carbocycles. The molecule has 0 bridgehead atoms. The summed E-state index contributed by atoms with van der Waals surface area (Å²) in [4.78, 5) is 11.5. The van der Waals surface area contributed by atoms with Crippen molar-refractivity contribution in [3.05, 3.63) is 16.4 Å². The van der Waals surface area contributed by atoms with Crippen molar-refractivity contribution in [3.8, 4) is 0 Å². The van der Waals surface area contributed by atoms with E-state index in [4.69, 9.17) is 11.6 Å². The van der Waals surface area contributed by atoms with E-state index in [9.17, 15) is 18.0 Å². The third kappa shape index (κ3) is 2.77. The molecule has 1 aliphatic rings. The van der Waals surface area contributed by atoms with Gasteiger partial charge in [-0.1, -0.05) is 11.6 Å². The van der Waals surface area contributed by atoms with Gasteiger partial charge in [0, 0.05) is 6.04 Å². The molecule has 8 heteroatoms. The van der Waals surface area contributed by atoms with E-state index in [0.29, 0.717) is 0 Å². The molecule has 0 radical (unpaired) electrons. The first-order chi connectivity index (χ1) is 8.29. The Labute approximate surface area is 106 Å². The molecule has 100 valence electrons. The lowest BCUT2D eigenvalue weighted by Crippen LogP contribution is -2.30. The highest BCUT2D eigenvalue weighted by Crippen LogP contribution is 2.35. The van der Waals surface area contributed by atoms with Crippen molar-refractivity contribution in [2.75, 3.05) is 0 Å². The summed E-state index contributed by atoms with van der Waals surface area (Å²) in [6.07, 6.45) is -2.78. The quantitative estimate of drug-likeness (QED) is 0.923. The Morgan fingerprint density at radius 3 is 2.61 bits per heavy atom. The van der Waals surface area contributed by atoms with Crippen LogP contribution < -0.4 is 5.32 Å². The number of nitrogens with one attached hydrogen (secondary N) is 1. The van der Waals surface area contributed by atoms with Crippen molar-refractivity contribution in [3.63, 3.8) is 0 Å². The van der Waals surface area contributed by atoms with Crippen LogP contribution in [-0.4, -0.2) is 21.7 Å². The van der Waals surface area contributed by atoms with Crippen LogP contribution in [0.5, 0.6) is 0 Å². The Hall–Kier alpha value is -1.24. The highest BCUT2D eigenvalue weighted by molar-refractivity contribution is 6.32. The first-order valence-electron chi connectivity index (χ1n) is 5.38. The van der Waals surface area contributed by atoms with E-state index in [2.05, 4.69) is 10.4 Å². The zero-order chi connectivity index (χ0) is 13.5. The minimum Gasteiger partial charge on any atom is -0.352 e. The van der Waals surface area contributed by atoms with Gasteiger partial charge in [-0.25, -0.2) is 0 Å². The molecule has 1 aromatic heterocycles. The fraction of sp³-hybridized carbons (Fsp3) is 0.600. The SMILES string of the molecule is Cc1c(Cl)c(C(F)(F)F)nn1CC(=O)NC1CC1. The smallest absolute Gasteiger partial charge is 0.352 e. The minimum absolute atomic E-state index is 0.134. The van der Waals surface area contributed by atoms with Gasteiger partial charge in [-0.2, -0.15) is 18.3 Å². The van der Waals surface area contributed by atoms with Gasteiger partial charge in [0.25, 0.3) is 0 Å². The van der Waals surface area contributed by atoms with Gasteiger partial charge in [-0.15, -0.1) is 0 Å². The number of halogens is 4. The van der Waals surface area contributed by atoms with Gasteiger partial charge in [0.15, 0.2) is 5.69 Å². The second-order valence-electron chi connectivity index (χ2n) is 4.25. The lowest BCUT2D eigenvalue weighted by atomic mass is 10.3. The molecular weight excluding hydrogens is 271 g/mol. The van der Waals surface area contributed by atoms with Gasteiger partial charge in [0.1, 0.15) is 6.54 Å². The molecule has 0 unspecified atom stereocenters. The zero-order valence-electron chi connectivity index (χ0n) is 9.51. The van der Waals surface area contributed by atoms with E-state index in [0.717, 1.165) is 17.5 Å². The fourth-order valence-corrected chi connectivity index (χ4v) is 1.74. The molecule has 0 aliphatic heterocycles. The molecular formula is C10H11ClF3N3O. The van der Waals surface area contributed by atoms with Crippen LogP contribution >= 0.6 is 11.6 Å². The number of carbonyl (C=O) groups is 1. The van der Waals surface area contributed by atoms with E-state index < -0.39 is 16.9 Å².